The number of hydrogen-bond acceptors (Lipinski definition) is 6. The van der Waals surface area contributed by atoms with Gasteiger partial charge < -0.3 is 15.0 Å². The average Bonchev–Trinajstić information content (AvgIpc) is 3.23. The van der Waals surface area contributed by atoms with Gasteiger partial charge in [0, 0.05) is 31.5 Å². The van der Waals surface area contributed by atoms with Crippen LogP contribution in [0.4, 0.5) is 5.95 Å². The molecule has 0 atom stereocenters. The molecule has 1 aliphatic heterocycles. The Morgan fingerprint density at radius 1 is 1.14 bits per heavy atom. The maximum Gasteiger partial charge on any atom is 0.274 e. The van der Waals surface area contributed by atoms with E-state index in [0.717, 1.165) is 24.3 Å². The van der Waals surface area contributed by atoms with Gasteiger partial charge in [-0.1, -0.05) is 18.2 Å². The lowest BCUT2D eigenvalue weighted by atomic mass is 10.0. The molecule has 1 fully saturated rings. The van der Waals surface area contributed by atoms with Crippen LogP contribution in [-0.4, -0.2) is 50.1 Å². The van der Waals surface area contributed by atoms with Crippen LogP contribution in [0, 0.1) is 0 Å². The molecule has 144 valence electrons. The highest BCUT2D eigenvalue weighted by atomic mass is 16.5. The Kier molecular flexibility index (Phi) is 5.46. The molecule has 0 unspecified atom stereocenters. The number of aromatic amines is 1. The van der Waals surface area contributed by atoms with Gasteiger partial charge in [-0.25, -0.2) is 9.97 Å². The number of rotatable bonds is 6. The molecule has 1 amide bonds. The first-order valence-electron chi connectivity index (χ1n) is 9.33. The Morgan fingerprint density at radius 3 is 2.64 bits per heavy atom. The van der Waals surface area contributed by atoms with Gasteiger partial charge in [0.25, 0.3) is 5.91 Å². The Bertz CT molecular complexity index is 891. The third-order valence-electron chi connectivity index (χ3n) is 4.67. The van der Waals surface area contributed by atoms with E-state index in [0.29, 0.717) is 31.3 Å². The van der Waals surface area contributed by atoms with E-state index < -0.39 is 0 Å². The van der Waals surface area contributed by atoms with Crippen molar-refractivity contribution in [2.45, 2.75) is 25.5 Å². The van der Waals surface area contributed by atoms with Crippen LogP contribution in [0.5, 0.6) is 5.75 Å². The van der Waals surface area contributed by atoms with Gasteiger partial charge >= 0.3 is 0 Å². The molecule has 2 aromatic heterocycles. The zero-order valence-electron chi connectivity index (χ0n) is 15.4. The Balaban J connectivity index is 1.28. The number of amides is 1. The SMILES string of the molecule is O=C(c1cc(COc2ccccc2)[nH]n1)N1CCC(Nc2ncccn2)CC1. The van der Waals surface area contributed by atoms with Crippen LogP contribution in [0.25, 0.3) is 0 Å². The van der Waals surface area contributed by atoms with Crippen LogP contribution in [0.2, 0.25) is 0 Å². The predicted octanol–water partition coefficient (Wildman–Crippen LogP) is 2.50. The van der Waals surface area contributed by atoms with Crippen LogP contribution >= 0.6 is 0 Å². The highest BCUT2D eigenvalue weighted by Gasteiger charge is 2.25. The normalized spacial score (nSPS) is 14.6. The smallest absolute Gasteiger partial charge is 0.274 e. The van der Waals surface area contributed by atoms with Crippen molar-refractivity contribution in [1.82, 2.24) is 25.1 Å². The molecule has 28 heavy (non-hydrogen) atoms. The van der Waals surface area contributed by atoms with E-state index >= 15 is 0 Å². The summed E-state index contributed by atoms with van der Waals surface area (Å²) in [5.74, 6) is 1.35. The van der Waals surface area contributed by atoms with E-state index in [-0.39, 0.29) is 11.9 Å². The van der Waals surface area contributed by atoms with E-state index in [1.807, 2.05) is 35.2 Å². The highest BCUT2D eigenvalue weighted by Crippen LogP contribution is 2.17. The Hall–Kier alpha value is -3.42. The lowest BCUT2D eigenvalue weighted by Gasteiger charge is -2.31. The largest absolute Gasteiger partial charge is 0.487 e. The van der Waals surface area contributed by atoms with E-state index in [9.17, 15) is 4.79 Å². The monoisotopic (exact) mass is 378 g/mol. The first-order valence-corrected chi connectivity index (χ1v) is 9.33. The number of nitrogens with zero attached hydrogens (tertiary/aromatic N) is 4. The predicted molar refractivity (Wildman–Crippen MR) is 104 cm³/mol. The first-order chi connectivity index (χ1) is 13.8. The van der Waals surface area contributed by atoms with Crippen molar-refractivity contribution in [3.63, 3.8) is 0 Å². The minimum atomic E-state index is -0.0587. The van der Waals surface area contributed by atoms with Gasteiger partial charge in [-0.3, -0.25) is 9.89 Å². The van der Waals surface area contributed by atoms with Gasteiger partial charge in [0.05, 0.1) is 5.69 Å². The second-order valence-electron chi connectivity index (χ2n) is 6.66. The van der Waals surface area contributed by atoms with Crippen molar-refractivity contribution in [1.29, 1.82) is 0 Å². The summed E-state index contributed by atoms with van der Waals surface area (Å²) < 4.78 is 5.68. The molecule has 0 bridgehead atoms. The maximum absolute atomic E-state index is 12.7. The molecule has 3 heterocycles. The summed E-state index contributed by atoms with van der Waals surface area (Å²) >= 11 is 0. The summed E-state index contributed by atoms with van der Waals surface area (Å²) in [5, 5.41) is 10.4. The first kappa shape index (κ1) is 18.0. The molecule has 4 rings (SSSR count). The number of anilines is 1. The number of carbonyl (C=O) groups is 1. The molecule has 1 aliphatic rings. The number of ether oxygens (including phenoxy) is 1. The molecule has 1 aromatic carbocycles. The number of benzene rings is 1. The lowest BCUT2D eigenvalue weighted by molar-refractivity contribution is 0.0712. The maximum atomic E-state index is 12.7. The van der Waals surface area contributed by atoms with E-state index in [2.05, 4.69) is 25.5 Å². The van der Waals surface area contributed by atoms with Crippen LogP contribution in [0.3, 0.4) is 0 Å². The standard InChI is InChI=1S/C20H22N6O2/c27-19(18-13-16(24-25-18)14-28-17-5-2-1-3-6-17)26-11-7-15(8-12-26)23-20-21-9-4-10-22-20/h1-6,9-10,13,15H,7-8,11-12,14H2,(H,24,25)(H,21,22,23). The molecule has 0 radical (unpaired) electrons. The van der Waals surface area contributed by atoms with E-state index in [1.54, 1.807) is 24.5 Å². The molecule has 3 aromatic rings. The number of piperidine rings is 1. The minimum Gasteiger partial charge on any atom is -0.487 e. The zero-order chi connectivity index (χ0) is 19.2. The van der Waals surface area contributed by atoms with Crippen molar-refractivity contribution >= 4 is 11.9 Å². The molecule has 1 saturated heterocycles. The number of aromatic nitrogens is 4. The zero-order valence-corrected chi connectivity index (χ0v) is 15.4. The van der Waals surface area contributed by atoms with Crippen molar-refractivity contribution in [3.05, 3.63) is 66.2 Å². The molecule has 0 saturated carbocycles. The third-order valence-corrected chi connectivity index (χ3v) is 4.67. The highest BCUT2D eigenvalue weighted by molar-refractivity contribution is 5.92. The summed E-state index contributed by atoms with van der Waals surface area (Å²) in [5.41, 5.74) is 1.19. The molecular weight excluding hydrogens is 356 g/mol. The van der Waals surface area contributed by atoms with Crippen molar-refractivity contribution in [3.8, 4) is 5.75 Å². The quantitative estimate of drug-likeness (QED) is 0.684. The summed E-state index contributed by atoms with van der Waals surface area (Å²) in [4.78, 5) is 22.9. The van der Waals surface area contributed by atoms with Gasteiger partial charge in [0.2, 0.25) is 5.95 Å². The number of H-pyrrole nitrogens is 1. The second kappa shape index (κ2) is 8.51. The van der Waals surface area contributed by atoms with Crippen LogP contribution < -0.4 is 10.1 Å². The van der Waals surface area contributed by atoms with Gasteiger partial charge in [-0.05, 0) is 37.1 Å². The fourth-order valence-corrected chi connectivity index (χ4v) is 3.17. The number of para-hydroxylation sites is 1. The van der Waals surface area contributed by atoms with Crippen LogP contribution in [0.15, 0.2) is 54.9 Å². The molecule has 8 heteroatoms. The Morgan fingerprint density at radius 2 is 1.89 bits per heavy atom. The van der Waals surface area contributed by atoms with Gasteiger partial charge in [-0.15, -0.1) is 0 Å². The van der Waals surface area contributed by atoms with Crippen LogP contribution in [0.1, 0.15) is 29.0 Å². The Labute approximate surface area is 163 Å². The fraction of sp³-hybridized carbons (Fsp3) is 0.300. The number of likely N-dealkylation sites (tertiary alicyclic amines) is 1. The summed E-state index contributed by atoms with van der Waals surface area (Å²) in [6.07, 6.45) is 5.12. The molecule has 2 N–H and O–H groups in total. The van der Waals surface area contributed by atoms with Crippen molar-refractivity contribution in [2.75, 3.05) is 18.4 Å². The summed E-state index contributed by atoms with van der Waals surface area (Å²) in [7, 11) is 0. The van der Waals surface area contributed by atoms with Crippen molar-refractivity contribution in [2.24, 2.45) is 0 Å². The summed E-state index contributed by atoms with van der Waals surface area (Å²) in [6.45, 7) is 1.69. The van der Waals surface area contributed by atoms with E-state index in [4.69, 9.17) is 4.74 Å². The van der Waals surface area contributed by atoms with E-state index in [1.165, 1.54) is 0 Å². The van der Waals surface area contributed by atoms with Gasteiger partial charge in [0.15, 0.2) is 5.69 Å². The number of hydrogen-bond donors (Lipinski definition) is 2. The number of carbonyl (C=O) groups excluding carboxylic acids is 1. The second-order valence-corrected chi connectivity index (χ2v) is 6.66. The lowest BCUT2D eigenvalue weighted by Crippen LogP contribution is -2.42. The molecular formula is C20H22N6O2. The van der Waals surface area contributed by atoms with Gasteiger partial charge in [-0.2, -0.15) is 5.10 Å². The van der Waals surface area contributed by atoms with Gasteiger partial charge in [0.1, 0.15) is 12.4 Å². The molecule has 8 nitrogen and oxygen atoms in total. The van der Waals surface area contributed by atoms with Crippen molar-refractivity contribution < 1.29 is 9.53 Å². The fourth-order valence-electron chi connectivity index (χ4n) is 3.17. The summed E-state index contributed by atoms with van der Waals surface area (Å²) in [6, 6.07) is 13.4. The third kappa shape index (κ3) is 4.46. The molecule has 0 spiro atoms. The molecule has 0 aliphatic carbocycles. The topological polar surface area (TPSA) is 96.0 Å². The number of nitrogens with one attached hydrogen (secondary N) is 2. The minimum absolute atomic E-state index is 0.0587. The van der Waals surface area contributed by atoms with Crippen LogP contribution in [-0.2, 0) is 6.61 Å². The average molecular weight is 378 g/mol.